The lowest BCUT2D eigenvalue weighted by atomic mass is 10.0. The van der Waals surface area contributed by atoms with Crippen molar-refractivity contribution in [3.05, 3.63) is 66.4 Å². The first kappa shape index (κ1) is 25.3. The molecule has 1 aromatic carbocycles. The van der Waals surface area contributed by atoms with E-state index in [1.807, 2.05) is 0 Å². The third-order valence-corrected chi connectivity index (χ3v) is 8.78. The van der Waals surface area contributed by atoms with Gasteiger partial charge in [-0.2, -0.15) is 17.5 Å². The van der Waals surface area contributed by atoms with Crippen LogP contribution in [-0.2, 0) is 27.4 Å². The van der Waals surface area contributed by atoms with Gasteiger partial charge in [-0.1, -0.05) is 0 Å². The van der Waals surface area contributed by atoms with Crippen LogP contribution in [0.3, 0.4) is 0 Å². The number of hydrogen-bond donors (Lipinski definition) is 0. The van der Waals surface area contributed by atoms with Gasteiger partial charge < -0.3 is 0 Å². The van der Waals surface area contributed by atoms with Gasteiger partial charge in [0.25, 0.3) is 0 Å². The molecule has 0 N–H and O–H groups in total. The summed E-state index contributed by atoms with van der Waals surface area (Å²) in [4.78, 5) is 28.0. The van der Waals surface area contributed by atoms with Crippen molar-refractivity contribution < 1.29 is 30.8 Å². The van der Waals surface area contributed by atoms with Crippen molar-refractivity contribution in [2.45, 2.75) is 61.2 Å². The van der Waals surface area contributed by atoms with Crippen LogP contribution in [0.25, 0.3) is 11.3 Å². The Kier molecular flexibility index (Phi) is 6.31. The number of benzene rings is 1. The highest BCUT2D eigenvalue weighted by Gasteiger charge is 2.60. The number of sulfonamides is 1. The summed E-state index contributed by atoms with van der Waals surface area (Å²) < 4.78 is 79.7. The molecule has 1 saturated heterocycles. The van der Waals surface area contributed by atoms with E-state index >= 15 is 0 Å². The monoisotopic (exact) mass is 535 g/mol. The molecule has 1 aliphatic carbocycles. The largest absolute Gasteiger partial charge is 0.451 e. The Hall–Kier alpha value is -3.32. The van der Waals surface area contributed by atoms with Crippen LogP contribution < -0.4 is 0 Å². The molecule has 5 rings (SSSR count). The molecule has 1 saturated carbocycles. The summed E-state index contributed by atoms with van der Waals surface area (Å²) in [5.41, 5.74) is 0.443. The van der Waals surface area contributed by atoms with Crippen LogP contribution in [0.5, 0.6) is 0 Å². The second-order valence-electron chi connectivity index (χ2n) is 9.19. The molecule has 3 heterocycles. The molecule has 1 unspecified atom stereocenters. The highest BCUT2D eigenvalue weighted by molar-refractivity contribution is 7.89. The molecular formula is C24H21F4N5O3S. The number of aryl methyl sites for hydroxylation is 1. The van der Waals surface area contributed by atoms with Gasteiger partial charge in [0.2, 0.25) is 15.8 Å². The van der Waals surface area contributed by atoms with Gasteiger partial charge in [0.15, 0.2) is 5.78 Å². The maximum absolute atomic E-state index is 13.4. The lowest BCUT2D eigenvalue weighted by Crippen LogP contribution is -2.46. The molecule has 2 aromatic heterocycles. The Labute approximate surface area is 209 Å². The van der Waals surface area contributed by atoms with E-state index in [9.17, 15) is 30.8 Å². The molecule has 13 heteroatoms. The Balaban J connectivity index is 1.31. The minimum atomic E-state index is -4.66. The van der Waals surface area contributed by atoms with E-state index in [0.717, 1.165) is 24.5 Å². The molecule has 3 aromatic rings. The summed E-state index contributed by atoms with van der Waals surface area (Å²) in [6.07, 6.45) is 1.10. The van der Waals surface area contributed by atoms with Crippen LogP contribution in [0.2, 0.25) is 0 Å². The lowest BCUT2D eigenvalue weighted by Gasteiger charge is -2.28. The number of hydrogen-bond acceptors (Lipinski definition) is 7. The Morgan fingerprint density at radius 1 is 1.03 bits per heavy atom. The Morgan fingerprint density at radius 2 is 1.70 bits per heavy atom. The maximum atomic E-state index is 13.4. The fourth-order valence-electron chi connectivity index (χ4n) is 4.73. The number of nitrogens with zero attached hydrogens (tertiary/aromatic N) is 5. The predicted octanol–water partition coefficient (Wildman–Crippen LogP) is 3.98. The molecular weight excluding hydrogens is 514 g/mol. The minimum absolute atomic E-state index is 0.0101. The topological polar surface area (TPSA) is 106 Å². The third kappa shape index (κ3) is 4.97. The van der Waals surface area contributed by atoms with Crippen LogP contribution in [-0.4, -0.2) is 50.0 Å². The lowest BCUT2D eigenvalue weighted by molar-refractivity contribution is -0.145. The van der Waals surface area contributed by atoms with Crippen LogP contribution in [0.15, 0.2) is 53.9 Å². The van der Waals surface area contributed by atoms with Gasteiger partial charge >= 0.3 is 6.18 Å². The maximum Gasteiger partial charge on any atom is 0.451 e. The van der Waals surface area contributed by atoms with Gasteiger partial charge in [-0.15, -0.1) is 0 Å². The average molecular weight is 536 g/mol. The van der Waals surface area contributed by atoms with E-state index in [1.165, 1.54) is 28.8 Å². The van der Waals surface area contributed by atoms with Gasteiger partial charge in [0.05, 0.1) is 16.6 Å². The highest BCUT2D eigenvalue weighted by Crippen LogP contribution is 2.54. The third-order valence-electron chi connectivity index (χ3n) is 6.76. The summed E-state index contributed by atoms with van der Waals surface area (Å²) in [6, 6.07) is 5.26. The zero-order valence-electron chi connectivity index (χ0n) is 19.3. The van der Waals surface area contributed by atoms with Crippen molar-refractivity contribution >= 4 is 15.8 Å². The fraction of sp³-hybridized carbons (Fsp3) is 0.375. The predicted molar refractivity (Wildman–Crippen MR) is 122 cm³/mol. The van der Waals surface area contributed by atoms with Crippen molar-refractivity contribution in [1.29, 1.82) is 0 Å². The second-order valence-corrected chi connectivity index (χ2v) is 11.0. The van der Waals surface area contributed by atoms with Gasteiger partial charge in [-0.25, -0.2) is 32.7 Å². The first-order chi connectivity index (χ1) is 17.5. The summed E-state index contributed by atoms with van der Waals surface area (Å²) in [5, 5.41) is 0. The molecule has 1 atom stereocenters. The smallest absolute Gasteiger partial charge is 0.298 e. The standard InChI is InChI=1S/C24H21F4N5O3S/c25-16-1-4-18(5-2-16)37(35,36)33-20(7-8-23(33)9-10-23)21(34)6-3-17-11-19(32-14-31-17)15-12-29-22(30-13-15)24(26,27)28/h1-2,4-5,11-14,20H,3,6-10H2. The normalized spacial score (nSPS) is 19.3. The van der Waals surface area contributed by atoms with E-state index in [-0.39, 0.29) is 29.1 Å². The highest BCUT2D eigenvalue weighted by atomic mass is 32.2. The van der Waals surface area contributed by atoms with Crippen molar-refractivity contribution in [3.8, 4) is 11.3 Å². The number of halogens is 4. The second kappa shape index (κ2) is 9.21. The SMILES string of the molecule is O=C(CCc1cc(-c2cnc(C(F)(F)F)nc2)ncn1)C1CCC2(CC2)N1S(=O)(=O)c1ccc(F)cc1. The molecule has 0 amide bonds. The van der Waals surface area contributed by atoms with E-state index < -0.39 is 39.4 Å². The minimum Gasteiger partial charge on any atom is -0.298 e. The average Bonchev–Trinajstić information content (AvgIpc) is 3.53. The van der Waals surface area contributed by atoms with Crippen LogP contribution in [0.4, 0.5) is 17.6 Å². The molecule has 8 nitrogen and oxygen atoms in total. The zero-order chi connectivity index (χ0) is 26.4. The molecule has 0 radical (unpaired) electrons. The molecule has 2 aliphatic rings. The first-order valence-electron chi connectivity index (χ1n) is 11.5. The number of alkyl halides is 3. The van der Waals surface area contributed by atoms with Crippen LogP contribution in [0, 0.1) is 5.82 Å². The van der Waals surface area contributed by atoms with E-state index in [2.05, 4.69) is 19.9 Å². The van der Waals surface area contributed by atoms with E-state index in [1.54, 1.807) is 0 Å². The molecule has 0 bridgehead atoms. The van der Waals surface area contributed by atoms with Crippen molar-refractivity contribution in [1.82, 2.24) is 24.2 Å². The number of Topliss-reactive ketones (excluding diaryl/α,β-unsaturated/α-hetero) is 1. The quantitative estimate of drug-likeness (QED) is 0.422. The molecule has 1 spiro atoms. The van der Waals surface area contributed by atoms with Gasteiger partial charge in [-0.05, 0) is 62.4 Å². The number of ketones is 1. The zero-order valence-corrected chi connectivity index (χ0v) is 20.1. The van der Waals surface area contributed by atoms with E-state index in [4.69, 9.17) is 0 Å². The number of carbonyl (C=O) groups excluding carboxylic acids is 1. The Bertz CT molecular complexity index is 1430. The summed E-state index contributed by atoms with van der Waals surface area (Å²) in [7, 11) is -4.01. The summed E-state index contributed by atoms with van der Waals surface area (Å²) >= 11 is 0. The summed E-state index contributed by atoms with van der Waals surface area (Å²) in [6.45, 7) is 0. The van der Waals surface area contributed by atoms with Gasteiger partial charge in [-0.3, -0.25) is 4.79 Å². The Morgan fingerprint density at radius 3 is 2.32 bits per heavy atom. The van der Waals surface area contributed by atoms with Crippen LogP contribution >= 0.6 is 0 Å². The number of rotatable bonds is 7. The first-order valence-corrected chi connectivity index (χ1v) is 13.0. The van der Waals surface area contributed by atoms with Crippen molar-refractivity contribution in [2.75, 3.05) is 0 Å². The van der Waals surface area contributed by atoms with Gasteiger partial charge in [0.1, 0.15) is 12.1 Å². The van der Waals surface area contributed by atoms with Crippen LogP contribution in [0.1, 0.15) is 43.6 Å². The summed E-state index contributed by atoms with van der Waals surface area (Å²) in [5.74, 6) is -2.07. The molecule has 1 aliphatic heterocycles. The van der Waals surface area contributed by atoms with Crippen molar-refractivity contribution in [3.63, 3.8) is 0 Å². The number of aromatic nitrogens is 4. The number of carbonyl (C=O) groups is 1. The fourth-order valence-corrected chi connectivity index (χ4v) is 6.78. The molecule has 37 heavy (non-hydrogen) atoms. The molecule has 194 valence electrons. The van der Waals surface area contributed by atoms with E-state index in [0.29, 0.717) is 37.1 Å². The van der Waals surface area contributed by atoms with Crippen molar-refractivity contribution in [2.24, 2.45) is 0 Å². The van der Waals surface area contributed by atoms with Gasteiger partial charge in [0, 0.05) is 35.6 Å². The molecule has 2 fully saturated rings.